The number of rotatable bonds is 9. The quantitative estimate of drug-likeness (QED) is 0.242. The van der Waals surface area contributed by atoms with E-state index >= 15 is 0 Å². The molecule has 4 aromatic rings. The molecule has 1 aliphatic heterocycles. The van der Waals surface area contributed by atoms with Crippen LogP contribution < -0.4 is 5.73 Å². The third-order valence-electron chi connectivity index (χ3n) is 6.93. The van der Waals surface area contributed by atoms with E-state index in [4.69, 9.17) is 22.1 Å². The molecule has 5 rings (SSSR count). The number of anilines is 1. The Morgan fingerprint density at radius 1 is 1.24 bits per heavy atom. The molecule has 1 aliphatic rings. The number of imidazole rings is 2. The van der Waals surface area contributed by atoms with Crippen LogP contribution in [-0.4, -0.2) is 77.1 Å². The van der Waals surface area contributed by atoms with Gasteiger partial charge in [-0.1, -0.05) is 11.6 Å². The lowest BCUT2D eigenvalue weighted by Gasteiger charge is -2.30. The van der Waals surface area contributed by atoms with Gasteiger partial charge in [0.15, 0.2) is 11.9 Å². The van der Waals surface area contributed by atoms with Crippen LogP contribution in [0.25, 0.3) is 22.2 Å². The average Bonchev–Trinajstić information content (AvgIpc) is 3.53. The third-order valence-corrected chi connectivity index (χ3v) is 7.22. The van der Waals surface area contributed by atoms with Crippen LogP contribution in [0.3, 0.4) is 0 Å². The van der Waals surface area contributed by atoms with Gasteiger partial charge in [0.05, 0.1) is 28.1 Å². The number of aryl methyl sites for hydroxylation is 1. The molecular formula is C25H31ClFN7O3. The highest BCUT2D eigenvalue weighted by atomic mass is 35.5. The van der Waals surface area contributed by atoms with Crippen molar-refractivity contribution >= 4 is 39.5 Å². The number of hydrogen-bond acceptors (Lipinski definition) is 8. The first-order valence-electron chi connectivity index (χ1n) is 12.4. The average molecular weight is 532 g/mol. The standard InChI is InChI=1S/C25H31ClFN7O3/c1-13(2)33(8-4-3-5-20-31-17-9-14(26)15(27)10-18(17)32-20)11-19-22(35)23(36)25(37-19)34-12-30-21-16(28)6-7-29-24(21)34/h6-7,9-10,12-13,19,22-23,25,35-36H,3-5,8,11H2,1-2H3,(H2,28,29)(H,31,32)/t19-,22-,23-,25-/m1/s1. The van der Waals surface area contributed by atoms with Gasteiger partial charge in [0, 0.05) is 31.3 Å². The first-order chi connectivity index (χ1) is 17.7. The molecule has 1 fully saturated rings. The molecule has 0 spiro atoms. The Morgan fingerprint density at radius 2 is 2.05 bits per heavy atom. The largest absolute Gasteiger partial charge is 0.397 e. The fraction of sp³-hybridized carbons (Fsp3) is 0.480. The highest BCUT2D eigenvalue weighted by Gasteiger charge is 2.45. The number of halogens is 2. The van der Waals surface area contributed by atoms with Gasteiger partial charge in [-0.2, -0.15) is 0 Å². The minimum absolute atomic E-state index is 0.0587. The van der Waals surface area contributed by atoms with E-state index in [1.807, 2.05) is 0 Å². The zero-order valence-corrected chi connectivity index (χ0v) is 21.4. The molecule has 10 nitrogen and oxygen atoms in total. The van der Waals surface area contributed by atoms with Gasteiger partial charge in [-0.3, -0.25) is 9.47 Å². The van der Waals surface area contributed by atoms with Crippen molar-refractivity contribution in [2.24, 2.45) is 0 Å². The molecule has 0 aliphatic carbocycles. The van der Waals surface area contributed by atoms with Crippen molar-refractivity contribution in [3.05, 3.63) is 47.4 Å². The number of pyridine rings is 1. The molecule has 0 radical (unpaired) electrons. The molecule has 4 atom stereocenters. The van der Waals surface area contributed by atoms with Crippen LogP contribution >= 0.6 is 11.6 Å². The summed E-state index contributed by atoms with van der Waals surface area (Å²) in [7, 11) is 0. The number of unbranched alkanes of at least 4 members (excludes halogenated alkanes) is 1. The number of aliphatic hydroxyl groups excluding tert-OH is 2. The number of H-pyrrole nitrogens is 1. The smallest absolute Gasteiger partial charge is 0.165 e. The Labute approximate surface area is 218 Å². The minimum Gasteiger partial charge on any atom is -0.397 e. The van der Waals surface area contributed by atoms with Crippen LogP contribution in [0.5, 0.6) is 0 Å². The van der Waals surface area contributed by atoms with E-state index in [-0.39, 0.29) is 11.1 Å². The molecule has 5 N–H and O–H groups in total. The predicted molar refractivity (Wildman–Crippen MR) is 139 cm³/mol. The maximum absolute atomic E-state index is 13.7. The summed E-state index contributed by atoms with van der Waals surface area (Å²) in [6.07, 6.45) is 1.96. The second kappa shape index (κ2) is 10.5. The third kappa shape index (κ3) is 5.14. The Morgan fingerprint density at radius 3 is 2.84 bits per heavy atom. The Balaban J connectivity index is 1.19. The molecule has 0 bridgehead atoms. The molecule has 0 saturated carbocycles. The Hall–Kier alpha value is -2.83. The molecule has 0 amide bonds. The molecule has 4 heterocycles. The van der Waals surface area contributed by atoms with Crippen LogP contribution in [-0.2, 0) is 11.2 Å². The van der Waals surface area contributed by atoms with Gasteiger partial charge in [0.1, 0.15) is 35.5 Å². The van der Waals surface area contributed by atoms with E-state index in [9.17, 15) is 14.6 Å². The SMILES string of the molecule is CC(C)N(CCCCc1nc2cc(Cl)c(F)cc2[nH]1)C[C@H]1O[C@@H](n2cnc3c(N)ccnc32)[C@H](O)[C@@H]1O. The fourth-order valence-electron chi connectivity index (χ4n) is 4.82. The molecule has 3 aromatic heterocycles. The first kappa shape index (κ1) is 25.8. The zero-order chi connectivity index (χ0) is 26.3. The number of aromatic amines is 1. The Kier molecular flexibility index (Phi) is 7.32. The number of nitrogens with one attached hydrogen (secondary N) is 1. The maximum atomic E-state index is 13.7. The lowest BCUT2D eigenvalue weighted by Crippen LogP contribution is -2.43. The maximum Gasteiger partial charge on any atom is 0.165 e. The van der Waals surface area contributed by atoms with Gasteiger partial charge >= 0.3 is 0 Å². The monoisotopic (exact) mass is 531 g/mol. The number of benzene rings is 1. The number of hydrogen-bond donors (Lipinski definition) is 4. The van der Waals surface area contributed by atoms with E-state index < -0.39 is 30.4 Å². The van der Waals surface area contributed by atoms with Crippen LogP contribution in [0.4, 0.5) is 10.1 Å². The second-order valence-corrected chi connectivity index (χ2v) is 10.2. The highest BCUT2D eigenvalue weighted by Crippen LogP contribution is 2.33. The van der Waals surface area contributed by atoms with Crippen LogP contribution in [0, 0.1) is 5.82 Å². The highest BCUT2D eigenvalue weighted by molar-refractivity contribution is 6.31. The molecule has 1 aromatic carbocycles. The van der Waals surface area contributed by atoms with Gasteiger partial charge in [-0.05, 0) is 45.4 Å². The molecule has 37 heavy (non-hydrogen) atoms. The number of fused-ring (bicyclic) bond motifs is 2. The minimum atomic E-state index is -1.13. The zero-order valence-electron chi connectivity index (χ0n) is 20.7. The van der Waals surface area contributed by atoms with Gasteiger partial charge in [0.25, 0.3) is 0 Å². The topological polar surface area (TPSA) is 138 Å². The van der Waals surface area contributed by atoms with Gasteiger partial charge in [-0.25, -0.2) is 19.3 Å². The number of nitrogens with zero attached hydrogens (tertiary/aromatic N) is 5. The van der Waals surface area contributed by atoms with Crippen LogP contribution in [0.15, 0.2) is 30.7 Å². The molecule has 198 valence electrons. The van der Waals surface area contributed by atoms with Crippen LogP contribution in [0.2, 0.25) is 5.02 Å². The van der Waals surface area contributed by atoms with Crippen molar-refractivity contribution in [3.63, 3.8) is 0 Å². The lowest BCUT2D eigenvalue weighted by atomic mass is 10.1. The summed E-state index contributed by atoms with van der Waals surface area (Å²) in [6, 6.07) is 4.76. The van der Waals surface area contributed by atoms with Crippen LogP contribution in [0.1, 0.15) is 38.7 Å². The van der Waals surface area contributed by atoms with Gasteiger partial charge in [0.2, 0.25) is 0 Å². The normalized spacial score (nSPS) is 22.3. The van der Waals surface area contributed by atoms with Crippen molar-refractivity contribution < 1.29 is 19.3 Å². The number of nitrogen functional groups attached to an aromatic ring is 1. The summed E-state index contributed by atoms with van der Waals surface area (Å²) >= 11 is 5.86. The number of aliphatic hydroxyl groups is 2. The van der Waals surface area contributed by atoms with E-state index in [1.54, 1.807) is 16.8 Å². The van der Waals surface area contributed by atoms with Crippen molar-refractivity contribution in [1.29, 1.82) is 0 Å². The summed E-state index contributed by atoms with van der Waals surface area (Å²) in [5.41, 5.74) is 8.76. The number of aromatic nitrogens is 5. The molecule has 0 unspecified atom stereocenters. The fourth-order valence-corrected chi connectivity index (χ4v) is 4.98. The number of nitrogens with two attached hydrogens (primary N) is 1. The van der Waals surface area contributed by atoms with E-state index in [0.29, 0.717) is 40.9 Å². The lowest BCUT2D eigenvalue weighted by molar-refractivity contribution is -0.0469. The Bertz CT molecular complexity index is 1350. The summed E-state index contributed by atoms with van der Waals surface area (Å²) in [5.74, 6) is 0.317. The van der Waals surface area contributed by atoms with E-state index in [1.165, 1.54) is 18.5 Å². The second-order valence-electron chi connectivity index (χ2n) is 9.78. The first-order valence-corrected chi connectivity index (χ1v) is 12.8. The summed E-state index contributed by atoms with van der Waals surface area (Å²) in [5, 5.41) is 21.6. The van der Waals surface area contributed by atoms with Gasteiger partial charge in [-0.15, -0.1) is 0 Å². The van der Waals surface area contributed by atoms with Crippen molar-refractivity contribution in [2.75, 3.05) is 18.8 Å². The molecule has 1 saturated heterocycles. The molecular weight excluding hydrogens is 501 g/mol. The van der Waals surface area contributed by atoms with E-state index in [2.05, 4.69) is 38.7 Å². The molecule has 12 heteroatoms. The van der Waals surface area contributed by atoms with E-state index in [0.717, 1.165) is 25.2 Å². The predicted octanol–water partition coefficient (Wildman–Crippen LogP) is 3.03. The van der Waals surface area contributed by atoms with Gasteiger partial charge < -0.3 is 25.7 Å². The van der Waals surface area contributed by atoms with Crippen molar-refractivity contribution in [1.82, 2.24) is 29.4 Å². The number of ether oxygens (including phenoxy) is 1. The summed E-state index contributed by atoms with van der Waals surface area (Å²) in [6.45, 7) is 5.40. The summed E-state index contributed by atoms with van der Waals surface area (Å²) in [4.78, 5) is 18.5. The van der Waals surface area contributed by atoms with Crippen molar-refractivity contribution in [3.8, 4) is 0 Å². The summed E-state index contributed by atoms with van der Waals surface area (Å²) < 4.78 is 21.4. The van der Waals surface area contributed by atoms with Crippen molar-refractivity contribution in [2.45, 2.75) is 63.7 Å².